The van der Waals surface area contributed by atoms with Gasteiger partial charge in [-0.2, -0.15) is 15.2 Å². The Labute approximate surface area is 213 Å². The fraction of sp³-hybridized carbons (Fsp3) is 0.0690. The van der Waals surface area contributed by atoms with Crippen LogP contribution in [0, 0.1) is 0 Å². The third kappa shape index (κ3) is 5.13. The molecule has 1 N–H and O–H groups in total. The number of aromatic nitrogens is 2. The molecule has 8 heteroatoms. The zero-order chi connectivity index (χ0) is 25.8. The Bertz CT molecular complexity index is 1520. The number of para-hydroxylation sites is 1. The lowest BCUT2D eigenvalue weighted by Crippen LogP contribution is -2.37. The van der Waals surface area contributed by atoms with Gasteiger partial charge < -0.3 is 5.32 Å². The summed E-state index contributed by atoms with van der Waals surface area (Å²) in [5, 5.41) is 12.3. The number of amides is 3. The van der Waals surface area contributed by atoms with E-state index in [0.29, 0.717) is 22.5 Å². The summed E-state index contributed by atoms with van der Waals surface area (Å²) in [6, 6.07) is 27.6. The number of hydrazone groups is 1. The number of nitrogens with zero attached hydrogens (tertiary/aromatic N) is 4. The van der Waals surface area contributed by atoms with Crippen molar-refractivity contribution in [3.05, 3.63) is 114 Å². The van der Waals surface area contributed by atoms with Crippen LogP contribution in [0.25, 0.3) is 23.0 Å². The molecule has 1 aromatic heterocycles. The predicted octanol–water partition coefficient (Wildman–Crippen LogP) is 4.45. The Hall–Kier alpha value is -5.11. The maximum atomic E-state index is 13.5. The number of carbonyl (C=O) groups excluding carboxylic acids is 3. The Kier molecular flexibility index (Phi) is 6.54. The summed E-state index contributed by atoms with van der Waals surface area (Å²) < 4.78 is 1.71. The van der Waals surface area contributed by atoms with E-state index in [9.17, 15) is 14.4 Å². The van der Waals surface area contributed by atoms with Crippen molar-refractivity contribution in [3.63, 3.8) is 0 Å². The van der Waals surface area contributed by atoms with Gasteiger partial charge in [-0.05, 0) is 37.3 Å². The number of carbonyl (C=O) groups is 3. The van der Waals surface area contributed by atoms with E-state index in [1.165, 1.54) is 6.08 Å². The minimum Gasteiger partial charge on any atom is -0.317 e. The monoisotopic (exact) mass is 489 g/mol. The SMILES string of the molecule is CC1=NN(C(=O)/C(=C/c2cn(-c3ccccc3)nc2-c2ccccc2)NC(=O)c2ccccc2)C(=O)C1. The lowest BCUT2D eigenvalue weighted by Gasteiger charge is -2.14. The first-order chi connectivity index (χ1) is 18.0. The highest BCUT2D eigenvalue weighted by molar-refractivity contribution is 6.16. The molecular weight excluding hydrogens is 466 g/mol. The molecule has 3 amide bonds. The van der Waals surface area contributed by atoms with Crippen molar-refractivity contribution in [2.75, 3.05) is 0 Å². The summed E-state index contributed by atoms with van der Waals surface area (Å²) in [7, 11) is 0. The smallest absolute Gasteiger partial charge is 0.297 e. The van der Waals surface area contributed by atoms with E-state index >= 15 is 0 Å². The molecule has 0 atom stereocenters. The van der Waals surface area contributed by atoms with E-state index in [1.807, 2.05) is 60.7 Å². The normalized spacial score (nSPS) is 13.4. The maximum Gasteiger partial charge on any atom is 0.297 e. The summed E-state index contributed by atoms with van der Waals surface area (Å²) in [6.07, 6.45) is 3.36. The predicted molar refractivity (Wildman–Crippen MR) is 140 cm³/mol. The van der Waals surface area contributed by atoms with Gasteiger partial charge in [-0.15, -0.1) is 0 Å². The van der Waals surface area contributed by atoms with E-state index in [-0.39, 0.29) is 12.1 Å². The number of nitrogens with one attached hydrogen (secondary N) is 1. The van der Waals surface area contributed by atoms with Crippen molar-refractivity contribution in [3.8, 4) is 16.9 Å². The first kappa shape index (κ1) is 23.6. The Morgan fingerprint density at radius 3 is 2.14 bits per heavy atom. The van der Waals surface area contributed by atoms with E-state index in [2.05, 4.69) is 10.4 Å². The maximum absolute atomic E-state index is 13.5. The van der Waals surface area contributed by atoms with E-state index in [0.717, 1.165) is 16.3 Å². The first-order valence-corrected chi connectivity index (χ1v) is 11.7. The highest BCUT2D eigenvalue weighted by atomic mass is 16.2. The van der Waals surface area contributed by atoms with Crippen molar-refractivity contribution in [2.45, 2.75) is 13.3 Å². The summed E-state index contributed by atoms with van der Waals surface area (Å²) in [5.41, 5.74) is 3.65. The average Bonchev–Trinajstić information content (AvgIpc) is 3.51. The Balaban J connectivity index is 1.62. The van der Waals surface area contributed by atoms with Crippen molar-refractivity contribution in [2.24, 2.45) is 5.10 Å². The highest BCUT2D eigenvalue weighted by Gasteiger charge is 2.31. The van der Waals surface area contributed by atoms with Crippen molar-refractivity contribution in [1.82, 2.24) is 20.1 Å². The quantitative estimate of drug-likeness (QED) is 0.405. The minimum atomic E-state index is -0.724. The number of benzene rings is 3. The zero-order valence-electron chi connectivity index (χ0n) is 20.0. The largest absolute Gasteiger partial charge is 0.317 e. The number of hydrogen-bond acceptors (Lipinski definition) is 5. The molecule has 37 heavy (non-hydrogen) atoms. The fourth-order valence-corrected chi connectivity index (χ4v) is 3.95. The molecule has 0 radical (unpaired) electrons. The van der Waals surface area contributed by atoms with Crippen LogP contribution >= 0.6 is 0 Å². The van der Waals surface area contributed by atoms with Gasteiger partial charge in [-0.3, -0.25) is 14.4 Å². The molecule has 0 aliphatic carbocycles. The molecular formula is C29H23N5O3. The zero-order valence-corrected chi connectivity index (χ0v) is 20.0. The fourth-order valence-electron chi connectivity index (χ4n) is 3.95. The average molecular weight is 490 g/mol. The van der Waals surface area contributed by atoms with Gasteiger partial charge in [0.05, 0.1) is 12.1 Å². The second-order valence-corrected chi connectivity index (χ2v) is 8.48. The Morgan fingerprint density at radius 1 is 0.892 bits per heavy atom. The first-order valence-electron chi connectivity index (χ1n) is 11.7. The van der Waals surface area contributed by atoms with Crippen LogP contribution in [-0.2, 0) is 9.59 Å². The molecule has 0 saturated carbocycles. The number of hydrogen-bond donors (Lipinski definition) is 1. The van der Waals surface area contributed by atoms with Gasteiger partial charge in [0, 0.05) is 28.6 Å². The third-order valence-corrected chi connectivity index (χ3v) is 5.73. The minimum absolute atomic E-state index is 0.0485. The van der Waals surface area contributed by atoms with Crippen LogP contribution in [0.1, 0.15) is 29.3 Å². The molecule has 4 aromatic rings. The second kappa shape index (κ2) is 10.2. The second-order valence-electron chi connectivity index (χ2n) is 8.48. The summed E-state index contributed by atoms with van der Waals surface area (Å²) in [6.45, 7) is 1.68. The van der Waals surface area contributed by atoms with Crippen LogP contribution < -0.4 is 5.32 Å². The topological polar surface area (TPSA) is 96.7 Å². The molecule has 1 aliphatic rings. The highest BCUT2D eigenvalue weighted by Crippen LogP contribution is 2.26. The summed E-state index contributed by atoms with van der Waals surface area (Å²) in [4.78, 5) is 39.0. The van der Waals surface area contributed by atoms with Gasteiger partial charge in [0.1, 0.15) is 11.4 Å². The van der Waals surface area contributed by atoms with Gasteiger partial charge in [0.25, 0.3) is 17.7 Å². The van der Waals surface area contributed by atoms with Crippen molar-refractivity contribution in [1.29, 1.82) is 0 Å². The molecule has 1 aliphatic heterocycles. The Morgan fingerprint density at radius 2 is 1.51 bits per heavy atom. The van der Waals surface area contributed by atoms with Crippen LogP contribution in [0.4, 0.5) is 0 Å². The molecule has 0 saturated heterocycles. The molecule has 0 bridgehead atoms. The standard InChI is InChI=1S/C29H23N5O3/c1-20-17-26(35)34(31-20)29(37)25(30-28(36)22-13-7-3-8-14-22)18-23-19-33(24-15-9-4-10-16-24)32-27(23)21-11-5-2-6-12-21/h2-16,18-19H,17H2,1H3,(H,30,36)/b25-18-. The molecule has 3 aromatic carbocycles. The van der Waals surface area contributed by atoms with Gasteiger partial charge in [-0.1, -0.05) is 66.7 Å². The number of rotatable bonds is 6. The van der Waals surface area contributed by atoms with Gasteiger partial charge in [-0.25, -0.2) is 4.68 Å². The van der Waals surface area contributed by atoms with Crippen LogP contribution in [0.2, 0.25) is 0 Å². The van der Waals surface area contributed by atoms with Crippen molar-refractivity contribution >= 4 is 29.5 Å². The van der Waals surface area contributed by atoms with Gasteiger partial charge in [0.2, 0.25) is 0 Å². The lowest BCUT2D eigenvalue weighted by atomic mass is 10.1. The summed E-state index contributed by atoms with van der Waals surface area (Å²) in [5.74, 6) is -1.66. The van der Waals surface area contributed by atoms with E-state index in [1.54, 1.807) is 48.1 Å². The molecule has 0 spiro atoms. The van der Waals surface area contributed by atoms with Crippen LogP contribution in [0.15, 0.2) is 108 Å². The van der Waals surface area contributed by atoms with E-state index < -0.39 is 17.7 Å². The summed E-state index contributed by atoms with van der Waals surface area (Å²) >= 11 is 0. The lowest BCUT2D eigenvalue weighted by molar-refractivity contribution is -0.140. The van der Waals surface area contributed by atoms with E-state index in [4.69, 9.17) is 5.10 Å². The number of imide groups is 1. The van der Waals surface area contributed by atoms with Gasteiger partial charge >= 0.3 is 0 Å². The van der Waals surface area contributed by atoms with Gasteiger partial charge in [0.15, 0.2) is 0 Å². The molecule has 182 valence electrons. The van der Waals surface area contributed by atoms with Crippen LogP contribution in [0.5, 0.6) is 0 Å². The molecule has 0 unspecified atom stereocenters. The van der Waals surface area contributed by atoms with Crippen LogP contribution in [0.3, 0.4) is 0 Å². The molecule has 2 heterocycles. The van der Waals surface area contributed by atoms with Crippen molar-refractivity contribution < 1.29 is 14.4 Å². The third-order valence-electron chi connectivity index (χ3n) is 5.73. The van der Waals surface area contributed by atoms with Crippen LogP contribution in [-0.4, -0.2) is 38.2 Å². The molecule has 5 rings (SSSR count). The molecule has 0 fully saturated rings. The molecule has 8 nitrogen and oxygen atoms in total.